The molecule has 0 aliphatic carbocycles. The Morgan fingerprint density at radius 1 is 1.09 bits per heavy atom. The number of esters is 1. The number of rotatable bonds is 9. The number of hydrogen-bond donors (Lipinski definition) is 0. The summed E-state index contributed by atoms with van der Waals surface area (Å²) >= 11 is 1.16. The van der Waals surface area contributed by atoms with Crippen molar-refractivity contribution >= 4 is 17.7 Å². The molecule has 9 heteroatoms. The first-order valence-corrected chi connectivity index (χ1v) is 11.2. The zero-order chi connectivity index (χ0) is 23.1. The molecule has 1 aromatic heterocycles. The Morgan fingerprint density at radius 2 is 1.84 bits per heavy atom. The van der Waals surface area contributed by atoms with E-state index in [4.69, 9.17) is 4.74 Å². The molecule has 0 radical (unpaired) electrons. The molecule has 0 saturated heterocycles. The van der Waals surface area contributed by atoms with Crippen LogP contribution in [-0.4, -0.2) is 32.6 Å². The van der Waals surface area contributed by atoms with Crippen LogP contribution in [0.5, 0.6) is 0 Å². The smallest absolute Gasteiger partial charge is 0.416 e. The molecule has 2 aromatic carbocycles. The van der Waals surface area contributed by atoms with Gasteiger partial charge < -0.3 is 4.74 Å². The molecule has 0 amide bonds. The lowest BCUT2D eigenvalue weighted by Crippen LogP contribution is -2.21. The molecular weight excluding hydrogens is 439 g/mol. The van der Waals surface area contributed by atoms with E-state index in [1.165, 1.54) is 6.07 Å². The molecule has 0 N–H and O–H groups in total. The highest BCUT2D eigenvalue weighted by Gasteiger charge is 2.31. The number of carbonyl (C=O) groups excluding carboxylic acids is 1. The van der Waals surface area contributed by atoms with Crippen LogP contribution in [0, 0.1) is 0 Å². The number of hydrogen-bond acceptors (Lipinski definition) is 5. The molecule has 0 aliphatic rings. The average molecular weight is 464 g/mol. The average Bonchev–Trinajstić information content (AvgIpc) is 3.15. The van der Waals surface area contributed by atoms with Gasteiger partial charge in [-0.3, -0.25) is 9.36 Å². The third-order valence-electron chi connectivity index (χ3n) is 4.69. The third-order valence-corrected chi connectivity index (χ3v) is 5.87. The molecule has 0 fully saturated rings. The van der Waals surface area contributed by atoms with Crippen molar-refractivity contribution in [1.29, 1.82) is 0 Å². The number of halogens is 3. The molecule has 0 saturated carbocycles. The molecule has 3 rings (SSSR count). The summed E-state index contributed by atoms with van der Waals surface area (Å²) in [5.41, 5.74) is 0.471. The zero-order valence-corrected chi connectivity index (χ0v) is 18.6. The largest absolute Gasteiger partial charge is 0.465 e. The first-order chi connectivity index (χ1) is 15.3. The van der Waals surface area contributed by atoms with Crippen molar-refractivity contribution in [1.82, 2.24) is 14.8 Å². The molecule has 0 aliphatic heterocycles. The Bertz CT molecular complexity index is 1040. The van der Waals surface area contributed by atoms with Gasteiger partial charge in [0.1, 0.15) is 11.1 Å². The molecular formula is C23H24F3N3O2S. The van der Waals surface area contributed by atoms with Gasteiger partial charge in [-0.25, -0.2) is 0 Å². The third kappa shape index (κ3) is 5.91. The molecule has 0 bridgehead atoms. The number of carbonyl (C=O) groups is 1. The Balaban J connectivity index is 2.05. The monoisotopic (exact) mass is 463 g/mol. The Kier molecular flexibility index (Phi) is 7.95. The lowest BCUT2D eigenvalue weighted by Gasteiger charge is -2.16. The fraction of sp³-hybridized carbons (Fsp3) is 0.348. The SMILES string of the molecule is CCC[C@@H](Sc1nnc(Cc2ccccc2)n1-c1cccc(C(F)(F)F)c1)C(=O)OCC. The van der Waals surface area contributed by atoms with E-state index in [1.807, 2.05) is 37.3 Å². The second kappa shape index (κ2) is 10.7. The number of nitrogens with zero attached hydrogens (tertiary/aromatic N) is 3. The van der Waals surface area contributed by atoms with Crippen molar-refractivity contribution in [2.45, 2.75) is 49.7 Å². The van der Waals surface area contributed by atoms with Gasteiger partial charge in [-0.05, 0) is 37.1 Å². The van der Waals surface area contributed by atoms with Crippen LogP contribution in [-0.2, 0) is 22.1 Å². The van der Waals surface area contributed by atoms with Crippen LogP contribution in [0.1, 0.15) is 43.6 Å². The predicted molar refractivity (Wildman–Crippen MR) is 117 cm³/mol. The number of benzene rings is 2. The van der Waals surface area contributed by atoms with E-state index in [0.29, 0.717) is 23.8 Å². The molecule has 32 heavy (non-hydrogen) atoms. The molecule has 0 spiro atoms. The minimum Gasteiger partial charge on any atom is -0.465 e. The van der Waals surface area contributed by atoms with E-state index in [2.05, 4.69) is 10.2 Å². The molecule has 5 nitrogen and oxygen atoms in total. The maximum Gasteiger partial charge on any atom is 0.416 e. The van der Waals surface area contributed by atoms with Gasteiger partial charge in [-0.1, -0.05) is 61.5 Å². The second-order valence-corrected chi connectivity index (χ2v) is 8.26. The quantitative estimate of drug-likeness (QED) is 0.301. The summed E-state index contributed by atoms with van der Waals surface area (Å²) in [7, 11) is 0. The summed E-state index contributed by atoms with van der Waals surface area (Å²) in [5, 5.41) is 8.31. The summed E-state index contributed by atoms with van der Waals surface area (Å²) in [5.74, 6) is 0.111. The molecule has 1 atom stereocenters. The Morgan fingerprint density at radius 3 is 2.50 bits per heavy atom. The topological polar surface area (TPSA) is 57.0 Å². The van der Waals surface area contributed by atoms with Gasteiger partial charge in [-0.2, -0.15) is 13.2 Å². The van der Waals surface area contributed by atoms with Crippen LogP contribution in [0.3, 0.4) is 0 Å². The number of alkyl halides is 3. The van der Waals surface area contributed by atoms with E-state index in [0.717, 1.165) is 35.9 Å². The summed E-state index contributed by atoms with van der Waals surface area (Å²) in [6, 6.07) is 14.5. The highest BCUT2D eigenvalue weighted by Crippen LogP contribution is 2.33. The molecule has 0 unspecified atom stereocenters. The summed E-state index contributed by atoms with van der Waals surface area (Å²) in [4.78, 5) is 12.4. The van der Waals surface area contributed by atoms with E-state index in [-0.39, 0.29) is 18.3 Å². The normalized spacial score (nSPS) is 12.5. The van der Waals surface area contributed by atoms with Gasteiger partial charge in [-0.15, -0.1) is 10.2 Å². The first kappa shape index (κ1) is 23.8. The molecule has 1 heterocycles. The fourth-order valence-corrected chi connectivity index (χ4v) is 4.38. The molecule has 170 valence electrons. The van der Waals surface area contributed by atoms with Crippen LogP contribution < -0.4 is 0 Å². The van der Waals surface area contributed by atoms with Crippen molar-refractivity contribution in [3.63, 3.8) is 0 Å². The van der Waals surface area contributed by atoms with Crippen molar-refractivity contribution < 1.29 is 22.7 Å². The number of thioether (sulfide) groups is 1. The van der Waals surface area contributed by atoms with Crippen LogP contribution in [0.25, 0.3) is 5.69 Å². The van der Waals surface area contributed by atoms with E-state index >= 15 is 0 Å². The van der Waals surface area contributed by atoms with Crippen molar-refractivity contribution in [2.24, 2.45) is 0 Å². The highest BCUT2D eigenvalue weighted by molar-refractivity contribution is 8.00. The van der Waals surface area contributed by atoms with Gasteiger partial charge in [0.05, 0.1) is 17.9 Å². The van der Waals surface area contributed by atoms with E-state index in [1.54, 1.807) is 17.6 Å². The first-order valence-electron chi connectivity index (χ1n) is 10.3. The van der Waals surface area contributed by atoms with Gasteiger partial charge in [0.2, 0.25) is 0 Å². The lowest BCUT2D eigenvalue weighted by atomic mass is 10.1. The maximum absolute atomic E-state index is 13.4. The fourth-order valence-electron chi connectivity index (χ4n) is 3.20. The predicted octanol–water partition coefficient (Wildman–Crippen LogP) is 5.70. The van der Waals surface area contributed by atoms with Crippen LogP contribution in [0.4, 0.5) is 13.2 Å². The van der Waals surface area contributed by atoms with Crippen molar-refractivity contribution in [2.75, 3.05) is 6.61 Å². The van der Waals surface area contributed by atoms with Crippen molar-refractivity contribution in [3.8, 4) is 5.69 Å². The summed E-state index contributed by atoms with van der Waals surface area (Å²) < 4.78 is 46.8. The van der Waals surface area contributed by atoms with Gasteiger partial charge >= 0.3 is 12.1 Å². The second-order valence-electron chi connectivity index (χ2n) is 7.09. The number of aromatic nitrogens is 3. The standard InChI is InChI=1S/C23H24F3N3O2S/c1-3-9-19(21(30)31-4-2)32-22-28-27-20(14-16-10-6-5-7-11-16)29(22)18-13-8-12-17(15-18)23(24,25)26/h5-8,10-13,15,19H,3-4,9,14H2,1-2H3/t19-/m1/s1. The van der Waals surface area contributed by atoms with Crippen molar-refractivity contribution in [3.05, 3.63) is 71.5 Å². The minimum atomic E-state index is -4.48. The number of ether oxygens (including phenoxy) is 1. The van der Waals surface area contributed by atoms with Crippen LogP contribution in [0.15, 0.2) is 59.8 Å². The van der Waals surface area contributed by atoms with Gasteiger partial charge in [0.15, 0.2) is 5.16 Å². The lowest BCUT2D eigenvalue weighted by molar-refractivity contribution is -0.142. The minimum absolute atomic E-state index is 0.249. The Hall–Kier alpha value is -2.81. The van der Waals surface area contributed by atoms with Gasteiger partial charge in [0.25, 0.3) is 0 Å². The van der Waals surface area contributed by atoms with Gasteiger partial charge in [0, 0.05) is 6.42 Å². The van der Waals surface area contributed by atoms with Crippen LogP contribution >= 0.6 is 11.8 Å². The summed E-state index contributed by atoms with van der Waals surface area (Å²) in [6.45, 7) is 3.93. The van der Waals surface area contributed by atoms with E-state index < -0.39 is 17.0 Å². The maximum atomic E-state index is 13.4. The Labute approximate surface area is 189 Å². The summed E-state index contributed by atoms with van der Waals surface area (Å²) in [6.07, 6.45) is -2.81. The zero-order valence-electron chi connectivity index (χ0n) is 17.8. The van der Waals surface area contributed by atoms with E-state index in [9.17, 15) is 18.0 Å². The van der Waals surface area contributed by atoms with Crippen LogP contribution in [0.2, 0.25) is 0 Å². The highest BCUT2D eigenvalue weighted by atomic mass is 32.2. The molecule has 3 aromatic rings.